The SMILES string of the molecule is CC(C)CC(C)(c1ccc(C(=O)O)cc1)C(C)C. The fraction of sp³-hybridized carbons (Fsp3) is 0.562. The van der Waals surface area contributed by atoms with Crippen LogP contribution < -0.4 is 0 Å². The number of hydrogen-bond acceptors (Lipinski definition) is 1. The van der Waals surface area contributed by atoms with E-state index in [0.717, 1.165) is 6.42 Å². The van der Waals surface area contributed by atoms with Gasteiger partial charge in [-0.05, 0) is 41.4 Å². The minimum absolute atomic E-state index is 0.102. The molecular formula is C16H24O2. The zero-order chi connectivity index (χ0) is 13.9. The Kier molecular flexibility index (Phi) is 4.55. The van der Waals surface area contributed by atoms with Crippen molar-refractivity contribution in [1.29, 1.82) is 0 Å². The van der Waals surface area contributed by atoms with Crippen LogP contribution in [0.3, 0.4) is 0 Å². The predicted molar refractivity (Wildman–Crippen MR) is 75.0 cm³/mol. The molecule has 0 fully saturated rings. The molecule has 1 atom stereocenters. The number of carboxylic acids is 1. The summed E-state index contributed by atoms with van der Waals surface area (Å²) in [5.74, 6) is 0.281. The molecule has 0 bridgehead atoms. The average molecular weight is 248 g/mol. The third-order valence-electron chi connectivity index (χ3n) is 3.90. The van der Waals surface area contributed by atoms with Gasteiger partial charge in [-0.3, -0.25) is 0 Å². The highest BCUT2D eigenvalue weighted by Crippen LogP contribution is 2.37. The van der Waals surface area contributed by atoms with Crippen LogP contribution in [0.5, 0.6) is 0 Å². The van der Waals surface area contributed by atoms with E-state index < -0.39 is 5.97 Å². The highest BCUT2D eigenvalue weighted by atomic mass is 16.4. The summed E-state index contributed by atoms with van der Waals surface area (Å²) in [5.41, 5.74) is 1.69. The van der Waals surface area contributed by atoms with Gasteiger partial charge in [-0.2, -0.15) is 0 Å². The molecule has 0 aliphatic rings. The minimum Gasteiger partial charge on any atom is -0.478 e. The van der Waals surface area contributed by atoms with Crippen LogP contribution in [0.1, 0.15) is 57.0 Å². The van der Waals surface area contributed by atoms with Crippen LogP contribution in [0.25, 0.3) is 0 Å². The number of aromatic carboxylic acids is 1. The second-order valence-electron chi connectivity index (χ2n) is 6.05. The van der Waals surface area contributed by atoms with E-state index in [1.165, 1.54) is 5.56 Å². The van der Waals surface area contributed by atoms with Crippen molar-refractivity contribution in [3.8, 4) is 0 Å². The Hall–Kier alpha value is -1.31. The summed E-state index contributed by atoms with van der Waals surface area (Å²) >= 11 is 0. The molecule has 1 N–H and O–H groups in total. The molecule has 2 nitrogen and oxygen atoms in total. The lowest BCUT2D eigenvalue weighted by molar-refractivity contribution is 0.0697. The summed E-state index contributed by atoms with van der Waals surface area (Å²) in [6, 6.07) is 7.34. The Morgan fingerprint density at radius 2 is 1.67 bits per heavy atom. The van der Waals surface area contributed by atoms with E-state index in [9.17, 15) is 4.79 Å². The molecule has 0 aromatic heterocycles. The van der Waals surface area contributed by atoms with Gasteiger partial charge in [-0.1, -0.05) is 46.8 Å². The van der Waals surface area contributed by atoms with Crippen molar-refractivity contribution >= 4 is 5.97 Å². The minimum atomic E-state index is -0.864. The van der Waals surface area contributed by atoms with E-state index in [4.69, 9.17) is 5.11 Å². The largest absolute Gasteiger partial charge is 0.478 e. The summed E-state index contributed by atoms with van der Waals surface area (Å²) in [6.07, 6.45) is 1.11. The van der Waals surface area contributed by atoms with Gasteiger partial charge in [-0.25, -0.2) is 4.79 Å². The molecule has 2 heteroatoms. The van der Waals surface area contributed by atoms with Crippen molar-refractivity contribution in [2.45, 2.75) is 46.5 Å². The second kappa shape index (κ2) is 5.55. The fourth-order valence-corrected chi connectivity index (χ4v) is 2.53. The first-order valence-corrected chi connectivity index (χ1v) is 6.61. The molecule has 0 aliphatic carbocycles. The van der Waals surface area contributed by atoms with Gasteiger partial charge < -0.3 is 5.11 Å². The predicted octanol–water partition coefficient (Wildman–Crippen LogP) is 4.34. The van der Waals surface area contributed by atoms with Crippen molar-refractivity contribution in [3.05, 3.63) is 35.4 Å². The van der Waals surface area contributed by atoms with Gasteiger partial charge in [-0.15, -0.1) is 0 Å². The topological polar surface area (TPSA) is 37.3 Å². The van der Waals surface area contributed by atoms with E-state index in [0.29, 0.717) is 17.4 Å². The molecule has 0 heterocycles. The Balaban J connectivity index is 3.10. The van der Waals surface area contributed by atoms with Crippen LogP contribution in [0.15, 0.2) is 24.3 Å². The lowest BCUT2D eigenvalue weighted by Crippen LogP contribution is -2.30. The Bertz CT molecular complexity index is 404. The molecular weight excluding hydrogens is 224 g/mol. The summed E-state index contributed by atoms with van der Waals surface area (Å²) in [6.45, 7) is 11.2. The normalized spacial score (nSPS) is 14.8. The van der Waals surface area contributed by atoms with E-state index in [2.05, 4.69) is 34.6 Å². The van der Waals surface area contributed by atoms with Gasteiger partial charge in [0.2, 0.25) is 0 Å². The van der Waals surface area contributed by atoms with E-state index in [1.807, 2.05) is 12.1 Å². The summed E-state index contributed by atoms with van der Waals surface area (Å²) in [7, 11) is 0. The van der Waals surface area contributed by atoms with Gasteiger partial charge in [0, 0.05) is 0 Å². The average Bonchev–Trinajstić information content (AvgIpc) is 2.27. The van der Waals surface area contributed by atoms with E-state index in [1.54, 1.807) is 12.1 Å². The molecule has 0 saturated carbocycles. The second-order valence-corrected chi connectivity index (χ2v) is 6.05. The van der Waals surface area contributed by atoms with Crippen LogP contribution in [0.4, 0.5) is 0 Å². The van der Waals surface area contributed by atoms with Crippen LogP contribution >= 0.6 is 0 Å². The first-order chi connectivity index (χ1) is 8.27. The summed E-state index contributed by atoms with van der Waals surface area (Å²) in [4.78, 5) is 10.9. The van der Waals surface area contributed by atoms with Gasteiger partial charge in [0.1, 0.15) is 0 Å². The smallest absolute Gasteiger partial charge is 0.335 e. The maximum atomic E-state index is 10.9. The van der Waals surface area contributed by atoms with Crippen LogP contribution in [0.2, 0.25) is 0 Å². The third-order valence-corrected chi connectivity index (χ3v) is 3.90. The van der Waals surface area contributed by atoms with Crippen LogP contribution in [-0.4, -0.2) is 11.1 Å². The third kappa shape index (κ3) is 3.12. The number of carboxylic acid groups (broad SMARTS) is 1. The van der Waals surface area contributed by atoms with Crippen LogP contribution in [0, 0.1) is 11.8 Å². The van der Waals surface area contributed by atoms with Gasteiger partial charge in [0.05, 0.1) is 5.56 Å². The number of hydrogen-bond donors (Lipinski definition) is 1. The van der Waals surface area contributed by atoms with Crippen molar-refractivity contribution < 1.29 is 9.90 Å². The maximum absolute atomic E-state index is 10.9. The highest BCUT2D eigenvalue weighted by molar-refractivity contribution is 5.87. The van der Waals surface area contributed by atoms with Gasteiger partial charge in [0.25, 0.3) is 0 Å². The monoisotopic (exact) mass is 248 g/mol. The highest BCUT2D eigenvalue weighted by Gasteiger charge is 2.31. The quantitative estimate of drug-likeness (QED) is 0.841. The van der Waals surface area contributed by atoms with Crippen molar-refractivity contribution in [3.63, 3.8) is 0 Å². The molecule has 1 aromatic rings. The molecule has 1 unspecified atom stereocenters. The van der Waals surface area contributed by atoms with Crippen molar-refractivity contribution in [2.24, 2.45) is 11.8 Å². The Labute approximate surface area is 110 Å². The molecule has 1 rings (SSSR count). The first-order valence-electron chi connectivity index (χ1n) is 6.61. The summed E-state index contributed by atoms with van der Waals surface area (Å²) < 4.78 is 0. The van der Waals surface area contributed by atoms with Crippen LogP contribution in [-0.2, 0) is 5.41 Å². The molecule has 18 heavy (non-hydrogen) atoms. The zero-order valence-corrected chi connectivity index (χ0v) is 12.0. The fourth-order valence-electron chi connectivity index (χ4n) is 2.53. The molecule has 1 aromatic carbocycles. The molecule has 0 radical (unpaired) electrons. The molecule has 0 saturated heterocycles. The Morgan fingerprint density at radius 3 is 2.00 bits per heavy atom. The van der Waals surface area contributed by atoms with E-state index in [-0.39, 0.29) is 5.41 Å². The number of carbonyl (C=O) groups is 1. The zero-order valence-electron chi connectivity index (χ0n) is 12.0. The molecule has 0 spiro atoms. The summed E-state index contributed by atoms with van der Waals surface area (Å²) in [5, 5.41) is 8.93. The lowest BCUT2D eigenvalue weighted by Gasteiger charge is -2.36. The van der Waals surface area contributed by atoms with Gasteiger partial charge in [0.15, 0.2) is 0 Å². The molecule has 0 aliphatic heterocycles. The molecule has 100 valence electrons. The first kappa shape index (κ1) is 14.7. The lowest BCUT2D eigenvalue weighted by atomic mass is 9.68. The maximum Gasteiger partial charge on any atom is 0.335 e. The van der Waals surface area contributed by atoms with Crippen molar-refractivity contribution in [1.82, 2.24) is 0 Å². The standard InChI is InChI=1S/C16H24O2/c1-11(2)10-16(5,12(3)4)14-8-6-13(7-9-14)15(17)18/h6-9,11-12H,10H2,1-5H3,(H,17,18). The molecule has 0 amide bonds. The van der Waals surface area contributed by atoms with E-state index >= 15 is 0 Å². The number of rotatable bonds is 5. The number of benzene rings is 1. The van der Waals surface area contributed by atoms with Gasteiger partial charge >= 0.3 is 5.97 Å². The Morgan fingerprint density at radius 1 is 1.17 bits per heavy atom. The van der Waals surface area contributed by atoms with Crippen molar-refractivity contribution in [2.75, 3.05) is 0 Å².